The molecule has 0 aliphatic rings. The van der Waals surface area contributed by atoms with E-state index in [1.165, 1.54) is 24.4 Å². The Morgan fingerprint density at radius 1 is 0.962 bits per heavy atom. The van der Waals surface area contributed by atoms with Crippen LogP contribution in [-0.4, -0.2) is 32.2 Å². The number of hydrogen-bond donors (Lipinski definition) is 1. The first-order valence-corrected chi connectivity index (χ1v) is 7.35. The molecule has 0 bridgehead atoms. The Morgan fingerprint density at radius 2 is 1.58 bits per heavy atom. The van der Waals surface area contributed by atoms with Gasteiger partial charge in [-0.25, -0.2) is 0 Å². The Morgan fingerprint density at radius 3 is 2.15 bits per heavy atom. The fourth-order valence-corrected chi connectivity index (χ4v) is 2.32. The zero-order valence-electron chi connectivity index (χ0n) is 13.2. The lowest BCUT2D eigenvalue weighted by Crippen LogP contribution is -2.30. The lowest BCUT2D eigenvalue weighted by atomic mass is 10.1. The van der Waals surface area contributed by atoms with Crippen molar-refractivity contribution in [3.63, 3.8) is 0 Å². The summed E-state index contributed by atoms with van der Waals surface area (Å²) in [5, 5.41) is 16.4. The van der Waals surface area contributed by atoms with Crippen LogP contribution in [0.1, 0.15) is 12.7 Å². The third kappa shape index (κ3) is 3.45. The molecule has 1 N–H and O–H groups in total. The summed E-state index contributed by atoms with van der Waals surface area (Å²) in [6.07, 6.45) is -5.46. The second kappa shape index (κ2) is 6.20. The van der Waals surface area contributed by atoms with Crippen LogP contribution in [0.4, 0.5) is 22.0 Å². The van der Waals surface area contributed by atoms with Crippen LogP contribution in [0.3, 0.4) is 0 Å². The lowest BCUT2D eigenvalue weighted by Gasteiger charge is -2.17. The van der Waals surface area contributed by atoms with Gasteiger partial charge in [-0.2, -0.15) is 8.78 Å². The average Bonchev–Trinajstić information content (AvgIpc) is 2.97. The van der Waals surface area contributed by atoms with Gasteiger partial charge in [0.25, 0.3) is 0 Å². The Kier molecular flexibility index (Phi) is 4.31. The van der Waals surface area contributed by atoms with Crippen molar-refractivity contribution in [2.75, 3.05) is 0 Å². The number of aliphatic hydroxyl groups excluding tert-OH is 1. The number of benzene rings is 1. The van der Waals surface area contributed by atoms with Gasteiger partial charge in [0.05, 0.1) is 0 Å². The van der Waals surface area contributed by atoms with E-state index in [9.17, 15) is 27.1 Å². The van der Waals surface area contributed by atoms with Crippen molar-refractivity contribution in [2.24, 2.45) is 0 Å². The molecule has 0 aliphatic carbocycles. The monoisotopic (exact) mass is 373 g/mol. The summed E-state index contributed by atoms with van der Waals surface area (Å²) in [7, 11) is 0. The maximum absolute atomic E-state index is 14.1. The molecular formula is C16H12F5N3O2. The molecule has 0 fully saturated rings. The molecule has 3 rings (SSSR count). The SMILES string of the molecule is CC(O)C(F)(F)c1nnc2ccc(-c3ccc(OC(F)(F)F)cc3)cn12. The van der Waals surface area contributed by atoms with E-state index in [4.69, 9.17) is 0 Å². The third-order valence-corrected chi connectivity index (χ3v) is 3.65. The Hall–Kier alpha value is -2.75. The Labute approximate surface area is 143 Å². The van der Waals surface area contributed by atoms with E-state index in [0.717, 1.165) is 23.5 Å². The number of halogens is 5. The van der Waals surface area contributed by atoms with E-state index in [2.05, 4.69) is 14.9 Å². The predicted molar refractivity (Wildman–Crippen MR) is 80.7 cm³/mol. The van der Waals surface area contributed by atoms with Crippen molar-refractivity contribution in [3.8, 4) is 16.9 Å². The second-order valence-electron chi connectivity index (χ2n) is 5.54. The van der Waals surface area contributed by atoms with Crippen LogP contribution in [0.25, 0.3) is 16.8 Å². The maximum atomic E-state index is 14.1. The number of nitrogens with zero attached hydrogens (tertiary/aromatic N) is 3. The number of pyridine rings is 1. The van der Waals surface area contributed by atoms with Gasteiger partial charge in [-0.1, -0.05) is 12.1 Å². The summed E-state index contributed by atoms with van der Waals surface area (Å²) in [4.78, 5) is 0. The third-order valence-electron chi connectivity index (χ3n) is 3.65. The van der Waals surface area contributed by atoms with Crippen LogP contribution < -0.4 is 4.74 Å². The Bertz CT molecular complexity index is 920. The van der Waals surface area contributed by atoms with Crippen molar-refractivity contribution in [1.82, 2.24) is 14.6 Å². The van der Waals surface area contributed by atoms with E-state index < -0.39 is 30.0 Å². The van der Waals surface area contributed by atoms with E-state index in [-0.39, 0.29) is 5.65 Å². The van der Waals surface area contributed by atoms with Crippen LogP contribution in [-0.2, 0) is 5.92 Å². The number of rotatable bonds is 4. The molecule has 1 aromatic carbocycles. The molecule has 3 aromatic rings. The average molecular weight is 373 g/mol. The second-order valence-corrected chi connectivity index (χ2v) is 5.54. The first kappa shape index (κ1) is 18.1. The van der Waals surface area contributed by atoms with Gasteiger partial charge in [-0.15, -0.1) is 23.4 Å². The minimum Gasteiger partial charge on any atom is -0.406 e. The standard InChI is InChI=1S/C16H12F5N3O2/c1-9(25)15(17,18)14-23-22-13-7-4-11(8-24(13)14)10-2-5-12(6-3-10)26-16(19,20)21/h2-9,25H,1H3. The molecule has 2 aromatic heterocycles. The van der Waals surface area contributed by atoms with Crippen LogP contribution in [0.15, 0.2) is 42.6 Å². The van der Waals surface area contributed by atoms with E-state index in [0.29, 0.717) is 11.1 Å². The number of ether oxygens (including phenoxy) is 1. The zero-order valence-corrected chi connectivity index (χ0v) is 13.2. The minimum absolute atomic E-state index is 0.140. The van der Waals surface area contributed by atoms with Crippen LogP contribution >= 0.6 is 0 Å². The van der Waals surface area contributed by atoms with Gasteiger partial charge in [-0.05, 0) is 42.3 Å². The maximum Gasteiger partial charge on any atom is 0.573 e. The zero-order chi connectivity index (χ0) is 19.1. The normalized spacial score (nSPS) is 13.8. The highest BCUT2D eigenvalue weighted by atomic mass is 19.4. The fourth-order valence-electron chi connectivity index (χ4n) is 2.32. The van der Waals surface area contributed by atoms with E-state index in [1.54, 1.807) is 6.07 Å². The van der Waals surface area contributed by atoms with Crippen molar-refractivity contribution < 1.29 is 31.8 Å². The van der Waals surface area contributed by atoms with Crippen LogP contribution in [0.2, 0.25) is 0 Å². The molecule has 138 valence electrons. The molecule has 2 heterocycles. The van der Waals surface area contributed by atoms with Gasteiger partial charge in [0, 0.05) is 6.20 Å². The van der Waals surface area contributed by atoms with Gasteiger partial charge in [-0.3, -0.25) is 4.40 Å². The predicted octanol–water partition coefficient (Wildman–Crippen LogP) is 3.77. The van der Waals surface area contributed by atoms with Crippen molar-refractivity contribution in [1.29, 1.82) is 0 Å². The molecule has 26 heavy (non-hydrogen) atoms. The summed E-state index contributed by atoms with van der Waals surface area (Å²) in [6, 6.07) is 7.95. The van der Waals surface area contributed by atoms with E-state index in [1.807, 2.05) is 0 Å². The van der Waals surface area contributed by atoms with Crippen molar-refractivity contribution in [3.05, 3.63) is 48.4 Å². The molecule has 0 saturated carbocycles. The quantitative estimate of drug-likeness (QED) is 0.708. The van der Waals surface area contributed by atoms with Crippen LogP contribution in [0.5, 0.6) is 5.75 Å². The fraction of sp³-hybridized carbons (Fsp3) is 0.250. The summed E-state index contributed by atoms with van der Waals surface area (Å²) >= 11 is 0. The molecule has 0 amide bonds. The van der Waals surface area contributed by atoms with Gasteiger partial charge < -0.3 is 9.84 Å². The molecule has 5 nitrogen and oxygen atoms in total. The number of aromatic nitrogens is 3. The summed E-state index contributed by atoms with van der Waals surface area (Å²) < 4.78 is 69.6. The van der Waals surface area contributed by atoms with Gasteiger partial charge in [0.2, 0.25) is 5.82 Å². The molecule has 0 radical (unpaired) electrons. The molecule has 1 atom stereocenters. The molecule has 0 aliphatic heterocycles. The summed E-state index contributed by atoms with van der Waals surface area (Å²) in [6.45, 7) is 0.935. The van der Waals surface area contributed by atoms with Crippen molar-refractivity contribution in [2.45, 2.75) is 25.3 Å². The topological polar surface area (TPSA) is 59.7 Å². The lowest BCUT2D eigenvalue weighted by molar-refractivity contribution is -0.274. The van der Waals surface area contributed by atoms with E-state index >= 15 is 0 Å². The summed E-state index contributed by atoms with van der Waals surface area (Å²) in [5.41, 5.74) is 1.06. The number of fused-ring (bicyclic) bond motifs is 1. The molecule has 0 saturated heterocycles. The van der Waals surface area contributed by atoms with Crippen molar-refractivity contribution >= 4 is 5.65 Å². The first-order chi connectivity index (χ1) is 12.1. The number of alkyl halides is 5. The van der Waals surface area contributed by atoms with Gasteiger partial charge in [0.15, 0.2) is 5.65 Å². The minimum atomic E-state index is -4.80. The summed E-state index contributed by atoms with van der Waals surface area (Å²) in [5.74, 6) is -4.75. The highest BCUT2D eigenvalue weighted by Crippen LogP contribution is 2.32. The molecule has 10 heteroatoms. The van der Waals surface area contributed by atoms with Crippen LogP contribution in [0, 0.1) is 0 Å². The molecule has 1 unspecified atom stereocenters. The van der Waals surface area contributed by atoms with Gasteiger partial charge >= 0.3 is 12.3 Å². The van der Waals surface area contributed by atoms with Gasteiger partial charge in [0.1, 0.15) is 11.9 Å². The largest absolute Gasteiger partial charge is 0.573 e. The number of hydrogen-bond acceptors (Lipinski definition) is 4. The molecular weight excluding hydrogens is 361 g/mol. The molecule has 0 spiro atoms. The first-order valence-electron chi connectivity index (χ1n) is 7.35. The smallest absolute Gasteiger partial charge is 0.406 e. The highest BCUT2D eigenvalue weighted by molar-refractivity contribution is 5.65. The Balaban J connectivity index is 1.99. The number of aliphatic hydroxyl groups is 1. The highest BCUT2D eigenvalue weighted by Gasteiger charge is 2.42.